The molecule has 0 aromatic carbocycles. The molecule has 0 radical (unpaired) electrons. The number of thiophene rings is 4. The number of carbonyl (C=O) groups is 1. The average molecular weight is 669 g/mol. The number of hydrogen-bond acceptors (Lipinski definition) is 10. The molecule has 2 atom stereocenters. The van der Waals surface area contributed by atoms with Crippen molar-refractivity contribution in [1.82, 2.24) is 4.98 Å². The van der Waals surface area contributed by atoms with Crippen molar-refractivity contribution in [1.29, 1.82) is 21.0 Å². The van der Waals surface area contributed by atoms with Gasteiger partial charge in [-0.15, -0.1) is 45.3 Å². The van der Waals surface area contributed by atoms with Crippen LogP contribution in [-0.2, 0) is 4.79 Å². The van der Waals surface area contributed by atoms with Gasteiger partial charge in [-0.3, -0.25) is 4.79 Å². The number of fused-ring (bicyclic) bond motifs is 2. The Labute approximate surface area is 276 Å². The summed E-state index contributed by atoms with van der Waals surface area (Å²) in [5.41, 5.74) is 1.45. The summed E-state index contributed by atoms with van der Waals surface area (Å²) >= 11 is 5.72. The Balaban J connectivity index is 1.20. The summed E-state index contributed by atoms with van der Waals surface area (Å²) in [5, 5.41) is 49.1. The fraction of sp³-hybridized carbons (Fsp3) is 0.0588. The maximum absolute atomic E-state index is 13.2. The van der Waals surface area contributed by atoms with Crippen LogP contribution in [0.1, 0.15) is 20.5 Å². The van der Waals surface area contributed by atoms with Crippen LogP contribution in [0.4, 0.5) is 0 Å². The summed E-state index contributed by atoms with van der Waals surface area (Å²) in [5.74, 6) is -0.937. The first-order chi connectivity index (χ1) is 22.4. The molecule has 2 unspecified atom stereocenters. The highest BCUT2D eigenvalue weighted by Crippen LogP contribution is 2.39. The van der Waals surface area contributed by atoms with Crippen molar-refractivity contribution in [3.63, 3.8) is 0 Å². The topological polar surface area (TPSA) is 161 Å². The fourth-order valence-corrected chi connectivity index (χ4v) is 9.53. The van der Waals surface area contributed by atoms with Crippen LogP contribution in [0.2, 0.25) is 0 Å². The molecule has 1 amide bonds. The zero-order valence-corrected chi connectivity index (χ0v) is 26.6. The van der Waals surface area contributed by atoms with Crippen LogP contribution in [0, 0.1) is 51.2 Å². The minimum Gasteiger partial charge on any atom is -0.494 e. The zero-order chi connectivity index (χ0) is 31.9. The van der Waals surface area contributed by atoms with Gasteiger partial charge in [-0.25, -0.2) is 4.99 Å². The minimum atomic E-state index is -0.477. The average Bonchev–Trinajstić information content (AvgIpc) is 3.89. The molecular weight excluding hydrogens is 653 g/mol. The largest absolute Gasteiger partial charge is 0.494 e. The molecule has 5 aromatic heterocycles. The molecule has 5 aromatic rings. The van der Waals surface area contributed by atoms with E-state index >= 15 is 0 Å². The van der Waals surface area contributed by atoms with E-state index in [1.807, 2.05) is 85.0 Å². The normalized spacial score (nSPS) is 17.0. The van der Waals surface area contributed by atoms with Gasteiger partial charge in [0, 0.05) is 45.1 Å². The second-order valence-electron chi connectivity index (χ2n) is 10.2. The highest BCUT2D eigenvalue weighted by molar-refractivity contribution is 7.16. The van der Waals surface area contributed by atoms with Crippen molar-refractivity contribution in [3.8, 4) is 40.6 Å². The summed E-state index contributed by atoms with van der Waals surface area (Å²) in [6.07, 6.45) is 7.79. The Bertz CT molecular complexity index is 2670. The van der Waals surface area contributed by atoms with Crippen LogP contribution in [0.5, 0.6) is 5.88 Å². The van der Waals surface area contributed by atoms with E-state index in [2.05, 4.69) is 9.98 Å². The van der Waals surface area contributed by atoms with Gasteiger partial charge in [-0.2, -0.15) is 21.0 Å². The number of nitrogens with one attached hydrogen (secondary N) is 1. The van der Waals surface area contributed by atoms with Crippen molar-refractivity contribution >= 4 is 92.4 Å². The van der Waals surface area contributed by atoms with Gasteiger partial charge in [-0.05, 0) is 72.8 Å². The predicted molar refractivity (Wildman–Crippen MR) is 180 cm³/mol. The molecule has 1 aliphatic heterocycles. The lowest BCUT2D eigenvalue weighted by Gasteiger charge is -2.15. The number of amides is 1. The van der Waals surface area contributed by atoms with E-state index in [1.165, 1.54) is 45.3 Å². The molecule has 8 nitrogen and oxygen atoms in total. The highest BCUT2D eigenvalue weighted by atomic mass is 32.1. The smallest absolute Gasteiger partial charge is 0.255 e. The molecule has 218 valence electrons. The third-order valence-corrected chi connectivity index (χ3v) is 11.7. The fourth-order valence-electron chi connectivity index (χ4n) is 5.44. The van der Waals surface area contributed by atoms with Crippen LogP contribution in [0.3, 0.4) is 0 Å². The van der Waals surface area contributed by atoms with Gasteiger partial charge in [-0.1, -0.05) is 0 Å². The SMILES string of the molecule is N#CC(C#N)=c1cc/c(=C\c2ccc(-c3c(O)[nH]c4c3=CC3=NC(=O)C(c5ccc(/C=c6\ccc(=C(C#N)C#N)s6)s5)C3C=4)s2)s1. The summed E-state index contributed by atoms with van der Waals surface area (Å²) in [6, 6.07) is 22.7. The molecule has 12 heteroatoms. The van der Waals surface area contributed by atoms with E-state index in [0.717, 1.165) is 39.1 Å². The molecule has 0 fully saturated rings. The Morgan fingerprint density at radius 3 is 2.04 bits per heavy atom. The minimum absolute atomic E-state index is 0.0339. The van der Waals surface area contributed by atoms with Crippen molar-refractivity contribution in [3.05, 3.63) is 91.9 Å². The first-order valence-corrected chi connectivity index (χ1v) is 16.9. The number of aromatic amines is 1. The number of nitriles is 4. The van der Waals surface area contributed by atoms with Gasteiger partial charge in [0.25, 0.3) is 5.91 Å². The number of hydrogen-bond donors (Lipinski definition) is 2. The molecule has 7 rings (SSSR count). The van der Waals surface area contributed by atoms with Gasteiger partial charge >= 0.3 is 0 Å². The lowest BCUT2D eigenvalue weighted by molar-refractivity contribution is -0.118. The second kappa shape index (κ2) is 11.7. The molecule has 46 heavy (non-hydrogen) atoms. The third-order valence-electron chi connectivity index (χ3n) is 7.48. The Kier molecular flexibility index (Phi) is 7.42. The van der Waals surface area contributed by atoms with E-state index in [4.69, 9.17) is 21.0 Å². The quantitative estimate of drug-likeness (QED) is 0.300. The number of rotatable bonds is 4. The summed E-state index contributed by atoms with van der Waals surface area (Å²) in [7, 11) is 0. The van der Waals surface area contributed by atoms with E-state index in [-0.39, 0.29) is 28.9 Å². The van der Waals surface area contributed by atoms with Crippen molar-refractivity contribution in [2.45, 2.75) is 5.92 Å². The van der Waals surface area contributed by atoms with E-state index in [1.54, 1.807) is 12.1 Å². The molecule has 2 aliphatic rings. The lowest BCUT2D eigenvalue weighted by atomic mass is 9.86. The maximum atomic E-state index is 13.2. The number of nitrogens with zero attached hydrogens (tertiary/aromatic N) is 5. The van der Waals surface area contributed by atoms with Crippen LogP contribution in [-0.4, -0.2) is 21.7 Å². The monoisotopic (exact) mass is 668 g/mol. The number of H-pyrrole nitrogens is 1. The predicted octanol–water partition coefficient (Wildman–Crippen LogP) is 2.64. The van der Waals surface area contributed by atoms with Crippen LogP contribution < -0.4 is 28.7 Å². The van der Waals surface area contributed by atoms with Gasteiger partial charge < -0.3 is 10.1 Å². The van der Waals surface area contributed by atoms with Crippen molar-refractivity contribution < 1.29 is 9.90 Å². The first kappa shape index (κ1) is 29.1. The molecular formula is C34H16N6O2S4. The maximum Gasteiger partial charge on any atom is 0.255 e. The molecule has 0 spiro atoms. The summed E-state index contributed by atoms with van der Waals surface area (Å²) < 4.78 is 3.04. The first-order valence-electron chi connectivity index (χ1n) is 13.6. The number of aromatic nitrogens is 1. The van der Waals surface area contributed by atoms with Crippen LogP contribution >= 0.6 is 45.3 Å². The third kappa shape index (κ3) is 5.12. The zero-order valence-electron chi connectivity index (χ0n) is 23.3. The highest BCUT2D eigenvalue weighted by Gasteiger charge is 2.39. The Hall–Kier alpha value is -5.60. The lowest BCUT2D eigenvalue weighted by Crippen LogP contribution is -2.33. The van der Waals surface area contributed by atoms with Crippen molar-refractivity contribution in [2.24, 2.45) is 10.9 Å². The van der Waals surface area contributed by atoms with Crippen molar-refractivity contribution in [2.75, 3.05) is 0 Å². The van der Waals surface area contributed by atoms with E-state index in [9.17, 15) is 9.90 Å². The van der Waals surface area contributed by atoms with E-state index in [0.29, 0.717) is 20.3 Å². The van der Waals surface area contributed by atoms with Crippen LogP contribution in [0.15, 0.2) is 53.5 Å². The summed E-state index contributed by atoms with van der Waals surface area (Å²) in [6.45, 7) is 0. The number of aromatic hydroxyl groups is 1. The molecule has 0 bridgehead atoms. The van der Waals surface area contributed by atoms with Gasteiger partial charge in [0.05, 0.1) is 26.3 Å². The Morgan fingerprint density at radius 2 is 1.41 bits per heavy atom. The standard InChI is InChI=1S/C34H16N6O2S4/c35-13-17(14-36)27-5-1-19(43-27)9-21-3-7-29(45-21)31-23-11-26-24(12-25(23)39-33(31)41)32(34(42)40-26)30-8-4-22(46-30)10-20-2-6-28(44-20)18(15-37)16-38/h1-12,23,31,40,42H/b19-9+,20-10+. The molecule has 6 heterocycles. The molecule has 2 N–H and O–H groups in total. The molecule has 1 aliphatic carbocycles. The Morgan fingerprint density at radius 1 is 0.804 bits per heavy atom. The number of carbonyl (C=O) groups excluding carboxylic acids is 1. The van der Waals surface area contributed by atoms with E-state index < -0.39 is 5.92 Å². The van der Waals surface area contributed by atoms with Gasteiger partial charge in [0.15, 0.2) is 5.88 Å². The molecule has 0 saturated heterocycles. The van der Waals surface area contributed by atoms with Gasteiger partial charge in [0.2, 0.25) is 0 Å². The summed E-state index contributed by atoms with van der Waals surface area (Å²) in [4.78, 5) is 24.3. The second-order valence-corrected chi connectivity index (χ2v) is 14.7. The van der Waals surface area contributed by atoms with Crippen LogP contribution in [0.25, 0.3) is 45.9 Å². The number of aliphatic imine (C=N–C) groups is 1. The molecule has 0 saturated carbocycles. The van der Waals surface area contributed by atoms with Gasteiger partial charge in [0.1, 0.15) is 35.4 Å².